The average molecular weight is 445 g/mol. The third-order valence-electron chi connectivity index (χ3n) is 5.80. The van der Waals surface area contributed by atoms with Crippen LogP contribution in [0.1, 0.15) is 45.5 Å². The van der Waals surface area contributed by atoms with Gasteiger partial charge in [-0.2, -0.15) is 0 Å². The van der Waals surface area contributed by atoms with Crippen LogP contribution in [0.4, 0.5) is 5.82 Å². The highest BCUT2D eigenvalue weighted by Gasteiger charge is 2.18. The number of carboxylic acids is 1. The van der Waals surface area contributed by atoms with E-state index in [2.05, 4.69) is 47.3 Å². The van der Waals surface area contributed by atoms with Gasteiger partial charge >= 0.3 is 5.97 Å². The van der Waals surface area contributed by atoms with E-state index < -0.39 is 5.97 Å². The molecule has 0 saturated heterocycles. The van der Waals surface area contributed by atoms with Gasteiger partial charge in [0, 0.05) is 6.54 Å². The average Bonchev–Trinajstić information content (AvgIpc) is 3.13. The molecule has 2 aromatic heterocycles. The second-order valence-corrected chi connectivity index (χ2v) is 8.00. The second kappa shape index (κ2) is 9.83. The molecule has 0 bridgehead atoms. The van der Waals surface area contributed by atoms with Crippen molar-refractivity contribution in [3.05, 3.63) is 88.4 Å². The third-order valence-corrected chi connectivity index (χ3v) is 5.80. The van der Waals surface area contributed by atoms with E-state index in [9.17, 15) is 9.90 Å². The summed E-state index contributed by atoms with van der Waals surface area (Å²) in [5, 5.41) is 13.0. The third kappa shape index (κ3) is 4.88. The molecule has 0 saturated carbocycles. The fourth-order valence-electron chi connectivity index (χ4n) is 3.98. The number of anilines is 1. The number of nitrogens with one attached hydrogen (secondary N) is 1. The van der Waals surface area contributed by atoms with Crippen molar-refractivity contribution in [2.75, 3.05) is 5.32 Å². The largest absolute Gasteiger partial charge is 0.477 e. The molecule has 0 spiro atoms. The molecule has 0 aliphatic rings. The number of benzene rings is 2. The zero-order chi connectivity index (χ0) is 23.4. The van der Waals surface area contributed by atoms with E-state index >= 15 is 0 Å². The van der Waals surface area contributed by atoms with Crippen LogP contribution < -0.4 is 5.32 Å². The molecule has 0 aliphatic heterocycles. The topological polar surface area (TPSA) is 89.3 Å². The Morgan fingerprint density at radius 3 is 2.61 bits per heavy atom. The summed E-state index contributed by atoms with van der Waals surface area (Å²) in [5.41, 5.74) is 5.98. The van der Waals surface area contributed by atoms with Crippen molar-refractivity contribution in [2.45, 2.75) is 47.1 Å². The number of aromatic carboxylic acids is 1. The monoisotopic (exact) mass is 444 g/mol. The number of imidazole rings is 1. The first-order chi connectivity index (χ1) is 16.0. The summed E-state index contributed by atoms with van der Waals surface area (Å²) < 4.78 is 7.78. The van der Waals surface area contributed by atoms with Gasteiger partial charge < -0.3 is 19.7 Å². The summed E-state index contributed by atoms with van der Waals surface area (Å²) >= 11 is 0. The van der Waals surface area contributed by atoms with Gasteiger partial charge in [0.25, 0.3) is 0 Å². The molecule has 7 nitrogen and oxygen atoms in total. The predicted octanol–water partition coefficient (Wildman–Crippen LogP) is 5.10. The van der Waals surface area contributed by atoms with Crippen LogP contribution in [0.2, 0.25) is 0 Å². The van der Waals surface area contributed by atoms with Gasteiger partial charge in [0.2, 0.25) is 0 Å². The Morgan fingerprint density at radius 2 is 1.88 bits per heavy atom. The lowest BCUT2D eigenvalue weighted by Crippen LogP contribution is -2.10. The van der Waals surface area contributed by atoms with Crippen molar-refractivity contribution in [3.63, 3.8) is 0 Å². The predicted molar refractivity (Wildman–Crippen MR) is 128 cm³/mol. The van der Waals surface area contributed by atoms with Crippen LogP contribution in [-0.4, -0.2) is 25.6 Å². The Labute approximate surface area is 193 Å². The highest BCUT2D eigenvalue weighted by atomic mass is 16.5. The number of pyridine rings is 1. The zero-order valence-electron chi connectivity index (χ0n) is 19.1. The molecule has 2 aromatic carbocycles. The van der Waals surface area contributed by atoms with Crippen molar-refractivity contribution in [2.24, 2.45) is 0 Å². The van der Waals surface area contributed by atoms with E-state index in [1.807, 2.05) is 41.8 Å². The molecule has 2 heterocycles. The number of hydrogen-bond acceptors (Lipinski definition) is 5. The van der Waals surface area contributed by atoms with E-state index in [1.165, 1.54) is 16.7 Å². The van der Waals surface area contributed by atoms with Crippen LogP contribution in [-0.2, 0) is 31.0 Å². The van der Waals surface area contributed by atoms with Crippen LogP contribution in [0.3, 0.4) is 0 Å². The minimum atomic E-state index is -1.08. The maximum Gasteiger partial charge on any atom is 0.354 e. The Morgan fingerprint density at radius 1 is 1.09 bits per heavy atom. The van der Waals surface area contributed by atoms with E-state index in [4.69, 9.17) is 4.74 Å². The molecular formula is C26H28N4O3. The summed E-state index contributed by atoms with van der Waals surface area (Å²) in [4.78, 5) is 20.8. The van der Waals surface area contributed by atoms with Gasteiger partial charge in [0.1, 0.15) is 18.1 Å². The Bertz CT molecular complexity index is 1280. The lowest BCUT2D eigenvalue weighted by Gasteiger charge is -2.14. The lowest BCUT2D eigenvalue weighted by molar-refractivity contribution is 0.0650. The van der Waals surface area contributed by atoms with Gasteiger partial charge in [0.15, 0.2) is 11.5 Å². The summed E-state index contributed by atoms with van der Waals surface area (Å²) in [6.45, 7) is 7.34. The normalized spacial score (nSPS) is 11.1. The van der Waals surface area contributed by atoms with Crippen LogP contribution in [0, 0.1) is 13.8 Å². The molecule has 0 radical (unpaired) electrons. The van der Waals surface area contributed by atoms with Crippen LogP contribution in [0.25, 0.3) is 11.0 Å². The van der Waals surface area contributed by atoms with Crippen molar-refractivity contribution >= 4 is 22.8 Å². The molecule has 170 valence electrons. The number of aryl methyl sites for hydroxylation is 3. The molecule has 0 amide bonds. The summed E-state index contributed by atoms with van der Waals surface area (Å²) in [6, 6.07) is 17.7. The molecule has 0 unspecified atom stereocenters. The van der Waals surface area contributed by atoms with Crippen molar-refractivity contribution < 1.29 is 14.6 Å². The number of fused-ring (bicyclic) bond motifs is 1. The Balaban J connectivity index is 1.64. The molecule has 2 N–H and O–H groups in total. The second-order valence-electron chi connectivity index (χ2n) is 8.00. The van der Waals surface area contributed by atoms with E-state index in [-0.39, 0.29) is 12.4 Å². The minimum absolute atomic E-state index is 0.0327. The van der Waals surface area contributed by atoms with Gasteiger partial charge in [-0.05, 0) is 48.6 Å². The number of aromatic nitrogens is 3. The van der Waals surface area contributed by atoms with Crippen molar-refractivity contribution in [1.82, 2.24) is 14.5 Å². The smallest absolute Gasteiger partial charge is 0.354 e. The molecule has 0 atom stereocenters. The van der Waals surface area contributed by atoms with Gasteiger partial charge in [-0.3, -0.25) is 0 Å². The van der Waals surface area contributed by atoms with Gasteiger partial charge in [-0.1, -0.05) is 55.5 Å². The van der Waals surface area contributed by atoms with E-state index in [0.717, 1.165) is 17.8 Å². The zero-order valence-corrected chi connectivity index (χ0v) is 19.1. The molecule has 0 aliphatic carbocycles. The number of carbonyl (C=O) groups is 1. The SMILES string of the molecule is CCc1cccc(C)c1CNc1nc(C(=O)O)cc2c1nc(C)n2COCc1ccccc1. The molecule has 33 heavy (non-hydrogen) atoms. The highest BCUT2D eigenvalue weighted by Crippen LogP contribution is 2.26. The standard InChI is InChI=1S/C26H28N4O3/c1-4-20-12-8-9-17(2)21(20)14-27-25-24-23(13-22(29-25)26(31)32)30(18(3)28-24)16-33-15-19-10-6-5-7-11-19/h5-13H,4,14-16H2,1-3H3,(H,27,29)(H,31,32). The van der Waals surface area contributed by atoms with Gasteiger partial charge in [-0.15, -0.1) is 0 Å². The molecular weight excluding hydrogens is 416 g/mol. The lowest BCUT2D eigenvalue weighted by atomic mass is 10.00. The van der Waals surface area contributed by atoms with Gasteiger partial charge in [0.05, 0.1) is 12.1 Å². The molecule has 7 heteroatoms. The quantitative estimate of drug-likeness (QED) is 0.374. The first-order valence-electron chi connectivity index (χ1n) is 11.0. The Hall–Kier alpha value is -3.71. The van der Waals surface area contributed by atoms with Crippen LogP contribution in [0.15, 0.2) is 54.6 Å². The van der Waals surface area contributed by atoms with Crippen LogP contribution in [0.5, 0.6) is 0 Å². The minimum Gasteiger partial charge on any atom is -0.477 e. The summed E-state index contributed by atoms with van der Waals surface area (Å²) in [5.74, 6) is 0.108. The number of ether oxygens (including phenoxy) is 1. The maximum atomic E-state index is 11.8. The fraction of sp³-hybridized carbons (Fsp3) is 0.269. The maximum absolute atomic E-state index is 11.8. The molecule has 4 rings (SSSR count). The molecule has 4 aromatic rings. The van der Waals surface area contributed by atoms with E-state index in [0.29, 0.717) is 30.0 Å². The fourth-order valence-corrected chi connectivity index (χ4v) is 3.98. The van der Waals surface area contributed by atoms with Gasteiger partial charge in [-0.25, -0.2) is 14.8 Å². The Kier molecular flexibility index (Phi) is 6.70. The van der Waals surface area contributed by atoms with Crippen molar-refractivity contribution in [1.29, 1.82) is 0 Å². The first kappa shape index (κ1) is 22.5. The highest BCUT2D eigenvalue weighted by molar-refractivity contribution is 5.94. The number of rotatable bonds is 9. The summed E-state index contributed by atoms with van der Waals surface area (Å²) in [6.07, 6.45) is 0.920. The summed E-state index contributed by atoms with van der Waals surface area (Å²) in [7, 11) is 0. The first-order valence-corrected chi connectivity index (χ1v) is 11.0. The van der Waals surface area contributed by atoms with E-state index in [1.54, 1.807) is 6.07 Å². The number of nitrogens with zero attached hydrogens (tertiary/aromatic N) is 3. The number of hydrogen-bond donors (Lipinski definition) is 2. The van der Waals surface area contributed by atoms with Crippen LogP contribution >= 0.6 is 0 Å². The molecule has 0 fully saturated rings. The number of carboxylic acid groups (broad SMARTS) is 1. The van der Waals surface area contributed by atoms with Crippen molar-refractivity contribution in [3.8, 4) is 0 Å².